The highest BCUT2D eigenvalue weighted by Crippen LogP contribution is 2.29. The molecule has 29 heavy (non-hydrogen) atoms. The van der Waals surface area contributed by atoms with Crippen molar-refractivity contribution in [3.05, 3.63) is 64.3 Å². The molecule has 0 saturated heterocycles. The highest BCUT2D eigenvalue weighted by atomic mass is 35.5. The highest BCUT2D eigenvalue weighted by Gasteiger charge is 2.27. The van der Waals surface area contributed by atoms with Gasteiger partial charge in [0.25, 0.3) is 0 Å². The van der Waals surface area contributed by atoms with Crippen molar-refractivity contribution in [2.75, 3.05) is 7.05 Å². The van der Waals surface area contributed by atoms with E-state index < -0.39 is 21.7 Å². The zero-order valence-corrected chi connectivity index (χ0v) is 17.1. The molecule has 12 heteroatoms. The van der Waals surface area contributed by atoms with Gasteiger partial charge in [0.15, 0.2) is 5.03 Å². The van der Waals surface area contributed by atoms with Crippen LogP contribution in [0, 0.1) is 5.82 Å². The first-order valence-corrected chi connectivity index (χ1v) is 10.2. The largest absolute Gasteiger partial charge is 0.465 e. The van der Waals surface area contributed by atoms with Crippen LogP contribution in [0.4, 0.5) is 9.18 Å². The molecule has 0 aliphatic heterocycles. The average molecular weight is 459 g/mol. The second-order valence-electron chi connectivity index (χ2n) is 5.92. The summed E-state index contributed by atoms with van der Waals surface area (Å²) in [6.07, 6.45) is -0.153. The fourth-order valence-corrected chi connectivity index (χ4v) is 4.12. The molecule has 3 rings (SSSR count). The predicted octanol–water partition coefficient (Wildman–Crippen LogP) is 3.66. The summed E-state index contributed by atoms with van der Waals surface area (Å²) in [5, 5.41) is 12.7. The van der Waals surface area contributed by atoms with Crippen molar-refractivity contribution in [3.8, 4) is 5.69 Å². The summed E-state index contributed by atoms with van der Waals surface area (Å²) in [6.45, 7) is -0.198. The van der Waals surface area contributed by atoms with Gasteiger partial charge in [-0.2, -0.15) is 5.10 Å². The van der Waals surface area contributed by atoms with E-state index in [-0.39, 0.29) is 38.0 Å². The summed E-state index contributed by atoms with van der Waals surface area (Å²) in [7, 11) is -2.87. The normalized spacial score (nSPS) is 11.4. The van der Waals surface area contributed by atoms with E-state index in [2.05, 4.69) is 10.1 Å². The molecule has 0 fully saturated rings. The molecule has 0 spiro atoms. The van der Waals surface area contributed by atoms with Gasteiger partial charge in [-0.1, -0.05) is 29.3 Å². The maximum atomic E-state index is 14.0. The van der Waals surface area contributed by atoms with E-state index in [9.17, 15) is 17.6 Å². The second kappa shape index (κ2) is 7.97. The van der Waals surface area contributed by atoms with Crippen molar-refractivity contribution in [2.45, 2.75) is 16.5 Å². The molecule has 0 unspecified atom stereocenters. The third-order valence-electron chi connectivity index (χ3n) is 3.90. The van der Waals surface area contributed by atoms with Gasteiger partial charge in [-0.15, -0.1) is 0 Å². The number of aromatic nitrogens is 3. The number of halogens is 3. The molecule has 8 nitrogen and oxygen atoms in total. The Balaban J connectivity index is 2.21. The van der Waals surface area contributed by atoms with Crippen molar-refractivity contribution in [1.82, 2.24) is 19.7 Å². The molecule has 2 aromatic heterocycles. The number of hydrogen-bond acceptors (Lipinski definition) is 5. The number of carboxylic acid groups (broad SMARTS) is 1. The summed E-state index contributed by atoms with van der Waals surface area (Å²) in [4.78, 5) is 15.6. The number of carbonyl (C=O) groups is 1. The van der Waals surface area contributed by atoms with Gasteiger partial charge in [0.05, 0.1) is 22.8 Å². The van der Waals surface area contributed by atoms with E-state index in [0.29, 0.717) is 0 Å². The van der Waals surface area contributed by atoms with Crippen molar-refractivity contribution < 1.29 is 22.7 Å². The fourth-order valence-electron chi connectivity index (χ4n) is 2.46. The molecule has 152 valence electrons. The predicted molar refractivity (Wildman–Crippen MR) is 103 cm³/mol. The number of rotatable bonds is 5. The van der Waals surface area contributed by atoms with Crippen LogP contribution in [-0.2, 0) is 16.4 Å². The minimum atomic E-state index is -4.17. The Labute approximate surface area is 175 Å². The molecular weight excluding hydrogens is 446 g/mol. The van der Waals surface area contributed by atoms with E-state index in [1.807, 2.05) is 0 Å². The number of sulfone groups is 1. The van der Waals surface area contributed by atoms with Gasteiger partial charge >= 0.3 is 6.09 Å². The van der Waals surface area contributed by atoms with Gasteiger partial charge < -0.3 is 10.0 Å². The average Bonchev–Trinajstić information content (AvgIpc) is 3.08. The van der Waals surface area contributed by atoms with Crippen LogP contribution in [0.25, 0.3) is 5.69 Å². The summed E-state index contributed by atoms with van der Waals surface area (Å²) < 4.78 is 41.2. The summed E-state index contributed by atoms with van der Waals surface area (Å²) >= 11 is 11.7. The van der Waals surface area contributed by atoms with Crippen LogP contribution >= 0.6 is 23.2 Å². The molecule has 0 aliphatic rings. The maximum Gasteiger partial charge on any atom is 0.407 e. The smallest absolute Gasteiger partial charge is 0.407 e. The number of nitrogens with zero attached hydrogens (tertiary/aromatic N) is 4. The lowest BCUT2D eigenvalue weighted by Crippen LogP contribution is -2.24. The SMILES string of the molecule is CN(Cc1cc(S(=O)(=O)c2ccc(Cl)nc2)n(-c2cccc(F)c2Cl)n1)C(=O)O. The van der Waals surface area contributed by atoms with Gasteiger partial charge in [0, 0.05) is 19.3 Å². The molecule has 1 amide bonds. The minimum Gasteiger partial charge on any atom is -0.465 e. The molecule has 3 aromatic rings. The van der Waals surface area contributed by atoms with Crippen LogP contribution in [0.5, 0.6) is 0 Å². The van der Waals surface area contributed by atoms with Crippen LogP contribution in [-0.4, -0.2) is 46.3 Å². The molecule has 0 radical (unpaired) electrons. The van der Waals surface area contributed by atoms with Gasteiger partial charge in [-0.25, -0.2) is 27.3 Å². The molecule has 0 atom stereocenters. The van der Waals surface area contributed by atoms with E-state index in [0.717, 1.165) is 21.8 Å². The first-order valence-electron chi connectivity index (χ1n) is 7.95. The Morgan fingerprint density at radius 2 is 2.00 bits per heavy atom. The van der Waals surface area contributed by atoms with Gasteiger partial charge in [-0.05, 0) is 24.3 Å². The Morgan fingerprint density at radius 1 is 1.28 bits per heavy atom. The van der Waals surface area contributed by atoms with E-state index in [1.165, 1.54) is 37.4 Å². The van der Waals surface area contributed by atoms with Crippen LogP contribution in [0.1, 0.15) is 5.69 Å². The quantitative estimate of drug-likeness (QED) is 0.584. The van der Waals surface area contributed by atoms with E-state index in [1.54, 1.807) is 0 Å². The molecule has 1 N–H and O–H groups in total. The van der Waals surface area contributed by atoms with E-state index in [4.69, 9.17) is 28.3 Å². The summed E-state index contributed by atoms with van der Waals surface area (Å²) in [5.74, 6) is -0.764. The van der Waals surface area contributed by atoms with Crippen molar-refractivity contribution in [1.29, 1.82) is 0 Å². The lowest BCUT2D eigenvalue weighted by Gasteiger charge is -2.11. The molecule has 0 aliphatic carbocycles. The number of hydrogen-bond donors (Lipinski definition) is 1. The Morgan fingerprint density at radius 3 is 2.62 bits per heavy atom. The van der Waals surface area contributed by atoms with Crippen molar-refractivity contribution in [2.24, 2.45) is 0 Å². The van der Waals surface area contributed by atoms with Crippen molar-refractivity contribution >= 4 is 39.1 Å². The third-order valence-corrected chi connectivity index (χ3v) is 6.20. The first-order chi connectivity index (χ1) is 13.6. The second-order valence-corrected chi connectivity index (χ2v) is 8.58. The number of benzene rings is 1. The van der Waals surface area contributed by atoms with Crippen LogP contribution in [0.3, 0.4) is 0 Å². The molecular formula is C17H13Cl2FN4O4S. The third kappa shape index (κ3) is 4.19. The van der Waals surface area contributed by atoms with Gasteiger partial charge in [0.2, 0.25) is 9.84 Å². The monoisotopic (exact) mass is 458 g/mol. The zero-order chi connectivity index (χ0) is 21.3. The number of pyridine rings is 1. The molecule has 2 heterocycles. The molecule has 0 bridgehead atoms. The first kappa shape index (κ1) is 21.0. The maximum absolute atomic E-state index is 14.0. The van der Waals surface area contributed by atoms with Crippen LogP contribution in [0.2, 0.25) is 10.2 Å². The minimum absolute atomic E-state index is 0.0172. The zero-order valence-electron chi connectivity index (χ0n) is 14.8. The van der Waals surface area contributed by atoms with E-state index >= 15 is 0 Å². The Kier molecular flexibility index (Phi) is 5.78. The van der Waals surface area contributed by atoms with Crippen LogP contribution in [0.15, 0.2) is 52.5 Å². The van der Waals surface area contributed by atoms with Gasteiger partial charge in [-0.3, -0.25) is 0 Å². The molecule has 0 saturated carbocycles. The summed E-state index contributed by atoms with van der Waals surface area (Å²) in [5.41, 5.74) is 0.104. The van der Waals surface area contributed by atoms with Crippen molar-refractivity contribution in [3.63, 3.8) is 0 Å². The van der Waals surface area contributed by atoms with Crippen LogP contribution < -0.4 is 0 Å². The number of amides is 1. The standard InChI is InChI=1S/C17H13Cl2FN4O4S/c1-23(17(25)26)9-10-7-15(29(27,28)11-5-6-14(18)21-8-11)24(22-10)13-4-2-3-12(20)16(13)19/h2-8H,9H2,1H3,(H,25,26). The fraction of sp³-hybridized carbons (Fsp3) is 0.118. The highest BCUT2D eigenvalue weighted by molar-refractivity contribution is 7.91. The summed E-state index contributed by atoms with van der Waals surface area (Å²) in [6, 6.07) is 7.63. The Hall–Kier alpha value is -2.69. The lowest BCUT2D eigenvalue weighted by molar-refractivity contribution is 0.153. The topological polar surface area (TPSA) is 105 Å². The van der Waals surface area contributed by atoms with Gasteiger partial charge in [0.1, 0.15) is 16.0 Å². The Bertz CT molecular complexity index is 1180. The lowest BCUT2D eigenvalue weighted by atomic mass is 10.3. The molecule has 1 aromatic carbocycles.